The monoisotopic (exact) mass is 360 g/mol. The average molecular weight is 360 g/mol. The van der Waals surface area contributed by atoms with E-state index in [0.717, 1.165) is 37.1 Å². The molecule has 3 N–H and O–H groups in total. The zero-order valence-corrected chi connectivity index (χ0v) is 14.9. The number of nitrogens with one attached hydrogen (secondary N) is 2. The molecular weight excluding hydrogens is 334 g/mol. The number of quaternary nitrogens is 1. The summed E-state index contributed by atoms with van der Waals surface area (Å²) in [5, 5.41) is 13.4. The summed E-state index contributed by atoms with van der Waals surface area (Å²) in [5.41, 5.74) is 1.06. The van der Waals surface area contributed by atoms with Crippen molar-refractivity contribution in [3.63, 3.8) is 0 Å². The Labute approximate surface area is 152 Å². The molecule has 2 aliphatic heterocycles. The molecule has 3 aliphatic rings. The summed E-state index contributed by atoms with van der Waals surface area (Å²) in [5.74, 6) is -0.231. The number of aliphatic hydroxyl groups excluding tert-OH is 1. The highest BCUT2D eigenvalue weighted by molar-refractivity contribution is 6.07. The first-order valence-corrected chi connectivity index (χ1v) is 9.42. The fourth-order valence-electron chi connectivity index (χ4n) is 4.45. The number of benzene rings is 1. The summed E-state index contributed by atoms with van der Waals surface area (Å²) in [7, 11) is 0. The van der Waals surface area contributed by atoms with Gasteiger partial charge in [0.05, 0.1) is 19.8 Å². The second kappa shape index (κ2) is 6.98. The van der Waals surface area contributed by atoms with Gasteiger partial charge in [0.25, 0.3) is 5.91 Å². The fourth-order valence-corrected chi connectivity index (χ4v) is 4.45. The molecule has 2 fully saturated rings. The van der Waals surface area contributed by atoms with Crippen molar-refractivity contribution in [1.29, 1.82) is 0 Å². The Bertz CT molecular complexity index is 704. The molecule has 2 saturated heterocycles. The highest BCUT2D eigenvalue weighted by Gasteiger charge is 2.54. The third kappa shape index (κ3) is 3.00. The van der Waals surface area contributed by atoms with Crippen LogP contribution in [0, 0.1) is 0 Å². The van der Waals surface area contributed by atoms with Gasteiger partial charge in [-0.15, -0.1) is 0 Å². The van der Waals surface area contributed by atoms with E-state index >= 15 is 0 Å². The van der Waals surface area contributed by atoms with Gasteiger partial charge < -0.3 is 20.1 Å². The summed E-state index contributed by atoms with van der Waals surface area (Å²) < 4.78 is 5.33. The third-order valence-corrected chi connectivity index (χ3v) is 5.77. The normalized spacial score (nSPS) is 27.5. The van der Waals surface area contributed by atoms with Crippen LogP contribution >= 0.6 is 0 Å². The average Bonchev–Trinajstić information content (AvgIpc) is 2.88. The highest BCUT2D eigenvalue weighted by atomic mass is 16.5. The van der Waals surface area contributed by atoms with Gasteiger partial charge in [0, 0.05) is 0 Å². The van der Waals surface area contributed by atoms with Crippen LogP contribution in [-0.4, -0.2) is 67.4 Å². The van der Waals surface area contributed by atoms with Gasteiger partial charge in [-0.05, 0) is 30.4 Å². The molecule has 0 bridgehead atoms. The number of nitrogens with zero attached hydrogens (tertiary/aromatic N) is 1. The number of rotatable bonds is 4. The lowest BCUT2D eigenvalue weighted by molar-refractivity contribution is -0.910. The van der Waals surface area contributed by atoms with E-state index in [0.29, 0.717) is 26.2 Å². The van der Waals surface area contributed by atoms with Crippen LogP contribution in [0.3, 0.4) is 0 Å². The van der Waals surface area contributed by atoms with Gasteiger partial charge in [0.2, 0.25) is 0 Å². The Morgan fingerprint density at radius 3 is 2.85 bits per heavy atom. The van der Waals surface area contributed by atoms with E-state index in [1.807, 2.05) is 24.3 Å². The number of hydrogen-bond donors (Lipinski definition) is 3. The minimum Gasteiger partial charge on any atom is -0.385 e. The molecule has 3 amide bonds. The molecule has 140 valence electrons. The molecule has 1 aromatic rings. The first-order valence-electron chi connectivity index (χ1n) is 9.42. The van der Waals surface area contributed by atoms with Crippen LogP contribution in [0.1, 0.15) is 24.0 Å². The Hall–Kier alpha value is -1.96. The standard InChI is InChI=1S/C19H25N3O4/c23-15(12-21-8-10-26-11-9-21)13-22-17(24)19(20-18(22)25)7-3-5-14-4-1-2-6-16(14)19/h1-2,4,6,15,23H,3,5,7-13H2,(H,20,25)/p+1/t15-,19-/m0/s1. The molecule has 0 saturated carbocycles. The minimum atomic E-state index is -0.961. The third-order valence-electron chi connectivity index (χ3n) is 5.77. The van der Waals surface area contributed by atoms with Crippen LogP contribution in [0.15, 0.2) is 24.3 Å². The van der Waals surface area contributed by atoms with Gasteiger partial charge in [0.15, 0.2) is 0 Å². The van der Waals surface area contributed by atoms with E-state index in [4.69, 9.17) is 4.74 Å². The smallest absolute Gasteiger partial charge is 0.325 e. The topological polar surface area (TPSA) is 83.3 Å². The van der Waals surface area contributed by atoms with Crippen molar-refractivity contribution >= 4 is 11.9 Å². The molecule has 1 aromatic carbocycles. The van der Waals surface area contributed by atoms with Crippen molar-refractivity contribution < 1.29 is 24.3 Å². The summed E-state index contributed by atoms with van der Waals surface area (Å²) in [6, 6.07) is 7.43. The molecule has 2 atom stereocenters. The van der Waals surface area contributed by atoms with Gasteiger partial charge in [-0.1, -0.05) is 24.3 Å². The number of aryl methyl sites for hydroxylation is 1. The van der Waals surface area contributed by atoms with Crippen LogP contribution in [0.5, 0.6) is 0 Å². The summed E-state index contributed by atoms with van der Waals surface area (Å²) in [6.07, 6.45) is 1.66. The Morgan fingerprint density at radius 1 is 1.27 bits per heavy atom. The maximum absolute atomic E-state index is 13.2. The lowest BCUT2D eigenvalue weighted by Gasteiger charge is -2.33. The first-order chi connectivity index (χ1) is 12.6. The van der Waals surface area contributed by atoms with Crippen molar-refractivity contribution in [3.8, 4) is 0 Å². The number of carbonyl (C=O) groups excluding carboxylic acids is 2. The SMILES string of the molecule is O=C1N[C@]2(CCCc3ccccc32)C(=O)N1C[C@@H](O)C[NH+]1CCOCC1. The molecule has 0 aromatic heterocycles. The molecule has 2 heterocycles. The van der Waals surface area contributed by atoms with E-state index in [9.17, 15) is 14.7 Å². The fraction of sp³-hybridized carbons (Fsp3) is 0.579. The van der Waals surface area contributed by atoms with Gasteiger partial charge in [-0.3, -0.25) is 9.69 Å². The van der Waals surface area contributed by atoms with Crippen LogP contribution in [0.4, 0.5) is 4.79 Å². The van der Waals surface area contributed by atoms with Crippen molar-refractivity contribution in [3.05, 3.63) is 35.4 Å². The number of aliphatic hydroxyl groups is 1. The molecule has 26 heavy (non-hydrogen) atoms. The second-order valence-corrected chi connectivity index (χ2v) is 7.48. The summed E-state index contributed by atoms with van der Waals surface area (Å²) >= 11 is 0. The van der Waals surface area contributed by atoms with Crippen molar-refractivity contribution in [2.24, 2.45) is 0 Å². The molecule has 1 aliphatic carbocycles. The van der Waals surface area contributed by atoms with Crippen LogP contribution in [0.2, 0.25) is 0 Å². The van der Waals surface area contributed by atoms with Crippen LogP contribution < -0.4 is 10.2 Å². The molecule has 1 spiro atoms. The lowest BCUT2D eigenvalue weighted by atomic mass is 9.76. The van der Waals surface area contributed by atoms with Crippen LogP contribution in [0.25, 0.3) is 0 Å². The first kappa shape index (κ1) is 17.5. The van der Waals surface area contributed by atoms with E-state index in [1.165, 1.54) is 9.80 Å². The Morgan fingerprint density at radius 2 is 2.04 bits per heavy atom. The van der Waals surface area contributed by atoms with Crippen molar-refractivity contribution in [1.82, 2.24) is 10.2 Å². The van der Waals surface area contributed by atoms with Crippen molar-refractivity contribution in [2.45, 2.75) is 30.9 Å². The molecular formula is C19H26N3O4+. The number of morpholine rings is 1. The minimum absolute atomic E-state index is 0.0406. The largest absolute Gasteiger partial charge is 0.385 e. The molecule has 7 nitrogen and oxygen atoms in total. The number of carbonyl (C=O) groups is 2. The van der Waals surface area contributed by atoms with E-state index < -0.39 is 17.7 Å². The Balaban J connectivity index is 1.49. The predicted octanol–water partition coefficient (Wildman–Crippen LogP) is -0.954. The van der Waals surface area contributed by atoms with Gasteiger partial charge in [-0.2, -0.15) is 0 Å². The van der Waals surface area contributed by atoms with E-state index in [1.54, 1.807) is 0 Å². The number of amides is 3. The predicted molar refractivity (Wildman–Crippen MR) is 93.7 cm³/mol. The van der Waals surface area contributed by atoms with E-state index in [-0.39, 0.29) is 12.5 Å². The number of imide groups is 1. The van der Waals surface area contributed by atoms with Gasteiger partial charge in [0.1, 0.15) is 31.3 Å². The summed E-state index contributed by atoms with van der Waals surface area (Å²) in [4.78, 5) is 28.2. The maximum Gasteiger partial charge on any atom is 0.325 e. The Kier molecular flexibility index (Phi) is 4.69. The molecule has 7 heteroatoms. The lowest BCUT2D eigenvalue weighted by Crippen LogP contribution is -3.15. The summed E-state index contributed by atoms with van der Waals surface area (Å²) in [6.45, 7) is 3.61. The second-order valence-electron chi connectivity index (χ2n) is 7.48. The van der Waals surface area contributed by atoms with E-state index in [2.05, 4.69) is 5.32 Å². The molecule has 4 rings (SSSR count). The van der Waals surface area contributed by atoms with Crippen LogP contribution in [-0.2, 0) is 21.5 Å². The number of urea groups is 1. The van der Waals surface area contributed by atoms with Gasteiger partial charge in [-0.25, -0.2) is 4.79 Å². The zero-order chi connectivity index (χ0) is 18.1. The number of fused-ring (bicyclic) bond motifs is 2. The number of ether oxygens (including phenoxy) is 1. The number of β-amino-alcohol motifs (C(OH)–C–C–N with tert-alkyl or cyclic N) is 1. The van der Waals surface area contributed by atoms with Crippen molar-refractivity contribution in [2.75, 3.05) is 39.4 Å². The highest BCUT2D eigenvalue weighted by Crippen LogP contribution is 2.39. The molecule has 0 radical (unpaired) electrons. The number of hydrogen-bond acceptors (Lipinski definition) is 4. The maximum atomic E-state index is 13.2. The zero-order valence-electron chi connectivity index (χ0n) is 14.9. The molecule has 0 unspecified atom stereocenters. The quantitative estimate of drug-likeness (QED) is 0.605. The van der Waals surface area contributed by atoms with Gasteiger partial charge >= 0.3 is 6.03 Å².